The van der Waals surface area contributed by atoms with Gasteiger partial charge in [-0.2, -0.15) is 0 Å². The van der Waals surface area contributed by atoms with Gasteiger partial charge >= 0.3 is 0 Å². The van der Waals surface area contributed by atoms with E-state index in [0.29, 0.717) is 25.4 Å². The summed E-state index contributed by atoms with van der Waals surface area (Å²) in [5, 5.41) is 3.58. The molecule has 4 heteroatoms. The Morgan fingerprint density at radius 2 is 2.00 bits per heavy atom. The molecule has 0 aliphatic heterocycles. The predicted octanol–water partition coefficient (Wildman–Crippen LogP) is 3.08. The number of hydrogen-bond acceptors (Lipinski definition) is 4. The minimum absolute atomic E-state index is 0.307. The summed E-state index contributed by atoms with van der Waals surface area (Å²) < 4.78 is 16.2. The van der Waals surface area contributed by atoms with E-state index in [0.717, 1.165) is 24.3 Å². The Balaban J connectivity index is 1.92. The van der Waals surface area contributed by atoms with Crippen molar-refractivity contribution < 1.29 is 14.2 Å². The van der Waals surface area contributed by atoms with E-state index in [1.54, 1.807) is 14.2 Å². The normalized spacial score (nSPS) is 22.5. The third kappa shape index (κ3) is 4.39. The zero-order valence-corrected chi connectivity index (χ0v) is 12.4. The summed E-state index contributed by atoms with van der Waals surface area (Å²) in [4.78, 5) is 0. The smallest absolute Gasteiger partial charge is 0.121 e. The highest BCUT2D eigenvalue weighted by Crippen LogP contribution is 2.25. The molecule has 4 nitrogen and oxygen atoms in total. The zero-order valence-electron chi connectivity index (χ0n) is 12.4. The maximum absolute atomic E-state index is 5.63. The van der Waals surface area contributed by atoms with Gasteiger partial charge in [0.25, 0.3) is 0 Å². The number of ether oxygens (including phenoxy) is 3. The highest BCUT2D eigenvalue weighted by molar-refractivity contribution is 5.49. The predicted molar refractivity (Wildman–Crippen MR) is 80.5 cm³/mol. The molecular formula is C16H25NO3. The van der Waals surface area contributed by atoms with Crippen molar-refractivity contribution in [1.29, 1.82) is 0 Å². The standard InChI is InChI=1S/C16H25NO3/c1-18-10-11-20-14-7-5-6-13(12-14)17-15-8-3-4-9-16(15)19-2/h5-7,12,15-17H,3-4,8-11H2,1-2H3. The Morgan fingerprint density at radius 3 is 2.80 bits per heavy atom. The topological polar surface area (TPSA) is 39.7 Å². The fraction of sp³-hybridized carbons (Fsp3) is 0.625. The van der Waals surface area contributed by atoms with Crippen LogP contribution in [0.2, 0.25) is 0 Å². The van der Waals surface area contributed by atoms with Crippen molar-refractivity contribution in [1.82, 2.24) is 0 Å². The average molecular weight is 279 g/mol. The lowest BCUT2D eigenvalue weighted by atomic mass is 9.92. The van der Waals surface area contributed by atoms with Crippen LogP contribution in [-0.2, 0) is 9.47 Å². The molecule has 20 heavy (non-hydrogen) atoms. The minimum Gasteiger partial charge on any atom is -0.491 e. The third-order valence-electron chi connectivity index (χ3n) is 3.75. The fourth-order valence-electron chi connectivity index (χ4n) is 2.68. The Hall–Kier alpha value is -1.26. The Kier molecular flexibility index (Phi) is 6.15. The van der Waals surface area contributed by atoms with E-state index in [2.05, 4.69) is 11.4 Å². The molecule has 2 rings (SSSR count). The quantitative estimate of drug-likeness (QED) is 0.779. The molecule has 0 aromatic heterocycles. The molecule has 1 N–H and O–H groups in total. The number of rotatable bonds is 7. The monoisotopic (exact) mass is 279 g/mol. The lowest BCUT2D eigenvalue weighted by Gasteiger charge is -2.31. The highest BCUT2D eigenvalue weighted by atomic mass is 16.5. The molecule has 1 saturated carbocycles. The summed E-state index contributed by atoms with van der Waals surface area (Å²) in [6, 6.07) is 8.48. The number of anilines is 1. The summed E-state index contributed by atoms with van der Waals surface area (Å²) in [6.45, 7) is 1.18. The van der Waals surface area contributed by atoms with Gasteiger partial charge in [0.05, 0.1) is 18.8 Å². The minimum atomic E-state index is 0.307. The van der Waals surface area contributed by atoms with E-state index in [-0.39, 0.29) is 0 Å². The van der Waals surface area contributed by atoms with Crippen LogP contribution in [0.4, 0.5) is 5.69 Å². The molecule has 112 valence electrons. The van der Waals surface area contributed by atoms with Crippen LogP contribution in [-0.4, -0.2) is 39.6 Å². The SMILES string of the molecule is COCCOc1cccc(NC2CCCCC2OC)c1. The van der Waals surface area contributed by atoms with E-state index in [1.165, 1.54) is 12.8 Å². The van der Waals surface area contributed by atoms with Crippen LogP contribution in [0.25, 0.3) is 0 Å². The van der Waals surface area contributed by atoms with Gasteiger partial charge < -0.3 is 19.5 Å². The van der Waals surface area contributed by atoms with Crippen LogP contribution in [0.5, 0.6) is 5.75 Å². The van der Waals surface area contributed by atoms with Crippen LogP contribution in [0, 0.1) is 0 Å². The van der Waals surface area contributed by atoms with Gasteiger partial charge in [0.1, 0.15) is 12.4 Å². The fourth-order valence-corrected chi connectivity index (χ4v) is 2.68. The van der Waals surface area contributed by atoms with E-state index >= 15 is 0 Å². The Morgan fingerprint density at radius 1 is 1.15 bits per heavy atom. The molecule has 2 atom stereocenters. The molecule has 1 aliphatic rings. The summed E-state index contributed by atoms with van der Waals surface area (Å²) >= 11 is 0. The first-order chi connectivity index (χ1) is 9.83. The van der Waals surface area contributed by atoms with Crippen molar-refractivity contribution >= 4 is 5.69 Å². The largest absolute Gasteiger partial charge is 0.491 e. The highest BCUT2D eigenvalue weighted by Gasteiger charge is 2.24. The second kappa shape index (κ2) is 8.12. The van der Waals surface area contributed by atoms with E-state index in [9.17, 15) is 0 Å². The van der Waals surface area contributed by atoms with Gasteiger partial charge in [0.2, 0.25) is 0 Å². The molecule has 0 saturated heterocycles. The molecule has 0 bridgehead atoms. The van der Waals surface area contributed by atoms with Crippen LogP contribution < -0.4 is 10.1 Å². The molecule has 0 heterocycles. The Bertz CT molecular complexity index is 397. The lowest BCUT2D eigenvalue weighted by Crippen LogP contribution is -2.37. The van der Waals surface area contributed by atoms with Crippen LogP contribution in [0.1, 0.15) is 25.7 Å². The van der Waals surface area contributed by atoms with Gasteiger partial charge in [-0.15, -0.1) is 0 Å². The van der Waals surface area contributed by atoms with Crippen molar-refractivity contribution in [2.45, 2.75) is 37.8 Å². The van der Waals surface area contributed by atoms with E-state index in [1.807, 2.05) is 18.2 Å². The molecule has 1 aromatic rings. The molecule has 0 spiro atoms. The van der Waals surface area contributed by atoms with Crippen molar-refractivity contribution in [3.63, 3.8) is 0 Å². The number of nitrogens with one attached hydrogen (secondary N) is 1. The lowest BCUT2D eigenvalue weighted by molar-refractivity contribution is 0.0606. The number of benzene rings is 1. The second-order valence-electron chi connectivity index (χ2n) is 5.18. The van der Waals surface area contributed by atoms with Gasteiger partial charge in [-0.3, -0.25) is 0 Å². The molecule has 0 amide bonds. The van der Waals surface area contributed by atoms with Gasteiger partial charge in [-0.1, -0.05) is 18.9 Å². The van der Waals surface area contributed by atoms with Crippen LogP contribution in [0.3, 0.4) is 0 Å². The van der Waals surface area contributed by atoms with Gasteiger partial charge in [-0.05, 0) is 25.0 Å². The zero-order chi connectivity index (χ0) is 14.2. The third-order valence-corrected chi connectivity index (χ3v) is 3.75. The Labute approximate surface area is 121 Å². The first-order valence-corrected chi connectivity index (χ1v) is 7.34. The van der Waals surface area contributed by atoms with Gasteiger partial charge in [0, 0.05) is 26.0 Å². The summed E-state index contributed by atoms with van der Waals surface area (Å²) in [5.41, 5.74) is 1.09. The molecule has 2 unspecified atom stereocenters. The molecule has 1 aromatic carbocycles. The first-order valence-electron chi connectivity index (χ1n) is 7.34. The van der Waals surface area contributed by atoms with Crippen molar-refractivity contribution in [3.8, 4) is 5.75 Å². The van der Waals surface area contributed by atoms with Crippen LogP contribution >= 0.6 is 0 Å². The molecule has 1 fully saturated rings. The van der Waals surface area contributed by atoms with Gasteiger partial charge in [0.15, 0.2) is 0 Å². The first kappa shape index (κ1) is 15.1. The van der Waals surface area contributed by atoms with Crippen molar-refractivity contribution in [2.24, 2.45) is 0 Å². The second-order valence-corrected chi connectivity index (χ2v) is 5.18. The van der Waals surface area contributed by atoms with Crippen LogP contribution in [0.15, 0.2) is 24.3 Å². The van der Waals surface area contributed by atoms with E-state index < -0.39 is 0 Å². The summed E-state index contributed by atoms with van der Waals surface area (Å²) in [6.07, 6.45) is 5.13. The molecule has 1 aliphatic carbocycles. The average Bonchev–Trinajstić information content (AvgIpc) is 2.48. The van der Waals surface area contributed by atoms with Crippen molar-refractivity contribution in [2.75, 3.05) is 32.8 Å². The molecular weight excluding hydrogens is 254 g/mol. The maximum Gasteiger partial charge on any atom is 0.121 e. The number of hydrogen-bond donors (Lipinski definition) is 1. The summed E-state index contributed by atoms with van der Waals surface area (Å²) in [7, 11) is 3.48. The molecule has 0 radical (unpaired) electrons. The van der Waals surface area contributed by atoms with Crippen molar-refractivity contribution in [3.05, 3.63) is 24.3 Å². The maximum atomic E-state index is 5.63. The number of methoxy groups -OCH3 is 2. The van der Waals surface area contributed by atoms with E-state index in [4.69, 9.17) is 14.2 Å². The van der Waals surface area contributed by atoms with Gasteiger partial charge in [-0.25, -0.2) is 0 Å². The summed E-state index contributed by atoms with van der Waals surface area (Å²) in [5.74, 6) is 0.872.